The molecule has 3 nitrogen and oxygen atoms in total. The van der Waals surface area contributed by atoms with E-state index in [1.165, 1.54) is 45.1 Å². The fourth-order valence-corrected chi connectivity index (χ4v) is 3.39. The van der Waals surface area contributed by atoms with Gasteiger partial charge < -0.3 is 10.5 Å². The quantitative estimate of drug-likeness (QED) is 0.797. The van der Waals surface area contributed by atoms with E-state index in [0.29, 0.717) is 0 Å². The summed E-state index contributed by atoms with van der Waals surface area (Å²) in [5, 5.41) is 0. The van der Waals surface area contributed by atoms with Crippen LogP contribution in [0.5, 0.6) is 0 Å². The minimum absolute atomic E-state index is 0.152. The highest BCUT2D eigenvalue weighted by Gasteiger charge is 2.41. The third-order valence-corrected chi connectivity index (χ3v) is 4.39. The molecule has 2 N–H and O–H groups in total. The third-order valence-electron chi connectivity index (χ3n) is 4.39. The average molecular weight is 226 g/mol. The fraction of sp³-hybridized carbons (Fsp3) is 1.00. The molecule has 2 aliphatic heterocycles. The van der Waals surface area contributed by atoms with Gasteiger partial charge in [0.25, 0.3) is 0 Å². The zero-order valence-electron chi connectivity index (χ0n) is 10.6. The Morgan fingerprint density at radius 3 is 2.88 bits per heavy atom. The average Bonchev–Trinajstić information content (AvgIpc) is 2.39. The van der Waals surface area contributed by atoms with Gasteiger partial charge in [0, 0.05) is 19.2 Å². The second-order valence-corrected chi connectivity index (χ2v) is 5.34. The molecule has 0 aliphatic carbocycles. The van der Waals surface area contributed by atoms with Gasteiger partial charge in [-0.3, -0.25) is 4.90 Å². The van der Waals surface area contributed by atoms with Gasteiger partial charge in [-0.25, -0.2) is 0 Å². The lowest BCUT2D eigenvalue weighted by molar-refractivity contribution is -0.0738. The number of hydrogen-bond donors (Lipinski definition) is 1. The summed E-state index contributed by atoms with van der Waals surface area (Å²) in [4.78, 5) is 2.68. The van der Waals surface area contributed by atoms with E-state index in [4.69, 9.17) is 10.5 Å². The van der Waals surface area contributed by atoms with Crippen molar-refractivity contribution in [2.45, 2.75) is 57.0 Å². The number of rotatable bonds is 3. The summed E-state index contributed by atoms with van der Waals surface area (Å²) >= 11 is 0. The first kappa shape index (κ1) is 12.3. The van der Waals surface area contributed by atoms with Gasteiger partial charge in [-0.1, -0.05) is 13.3 Å². The molecule has 16 heavy (non-hydrogen) atoms. The number of likely N-dealkylation sites (tertiary alicyclic amines) is 1. The second kappa shape index (κ2) is 5.48. The lowest BCUT2D eigenvalue weighted by Crippen LogP contribution is -2.62. The maximum Gasteiger partial charge on any atom is 0.0662 e. The van der Waals surface area contributed by atoms with Gasteiger partial charge in [0.05, 0.1) is 12.1 Å². The molecule has 0 bridgehead atoms. The molecule has 2 atom stereocenters. The Morgan fingerprint density at radius 1 is 1.38 bits per heavy atom. The molecule has 2 unspecified atom stereocenters. The van der Waals surface area contributed by atoms with Crippen LogP contribution in [-0.4, -0.2) is 42.8 Å². The Morgan fingerprint density at radius 2 is 2.25 bits per heavy atom. The summed E-state index contributed by atoms with van der Waals surface area (Å²) in [6.07, 6.45) is 7.71. The molecule has 2 saturated heterocycles. The molecular weight excluding hydrogens is 200 g/mol. The van der Waals surface area contributed by atoms with Crippen LogP contribution in [-0.2, 0) is 4.74 Å². The molecule has 2 rings (SSSR count). The SMILES string of the molecule is CCC1CCCCN1C1(CN)CCCOC1. The van der Waals surface area contributed by atoms with Crippen LogP contribution in [0.15, 0.2) is 0 Å². The molecule has 0 aromatic carbocycles. The minimum atomic E-state index is 0.152. The summed E-state index contributed by atoms with van der Waals surface area (Å²) in [5.74, 6) is 0. The van der Waals surface area contributed by atoms with E-state index >= 15 is 0 Å². The van der Waals surface area contributed by atoms with Crippen LogP contribution in [0.25, 0.3) is 0 Å². The topological polar surface area (TPSA) is 38.5 Å². The molecule has 2 heterocycles. The van der Waals surface area contributed by atoms with Crippen molar-refractivity contribution in [1.29, 1.82) is 0 Å². The van der Waals surface area contributed by atoms with Crippen molar-refractivity contribution in [1.82, 2.24) is 4.90 Å². The number of nitrogens with zero attached hydrogens (tertiary/aromatic N) is 1. The fourth-order valence-electron chi connectivity index (χ4n) is 3.39. The smallest absolute Gasteiger partial charge is 0.0662 e. The molecule has 94 valence electrons. The Hall–Kier alpha value is -0.120. The van der Waals surface area contributed by atoms with E-state index in [1.807, 2.05) is 0 Å². The molecule has 2 fully saturated rings. The number of nitrogens with two attached hydrogens (primary N) is 1. The molecular formula is C13H26N2O. The van der Waals surface area contributed by atoms with E-state index < -0.39 is 0 Å². The van der Waals surface area contributed by atoms with Crippen molar-refractivity contribution < 1.29 is 4.74 Å². The molecule has 0 saturated carbocycles. The Balaban J connectivity index is 2.10. The van der Waals surface area contributed by atoms with Gasteiger partial charge >= 0.3 is 0 Å². The van der Waals surface area contributed by atoms with Crippen molar-refractivity contribution in [3.05, 3.63) is 0 Å². The Kier molecular flexibility index (Phi) is 4.22. The summed E-state index contributed by atoms with van der Waals surface area (Å²) in [5.41, 5.74) is 6.22. The van der Waals surface area contributed by atoms with E-state index in [-0.39, 0.29) is 5.54 Å². The predicted molar refractivity (Wildman–Crippen MR) is 66.5 cm³/mol. The normalized spacial score (nSPS) is 37.5. The monoisotopic (exact) mass is 226 g/mol. The second-order valence-electron chi connectivity index (χ2n) is 5.34. The van der Waals surface area contributed by atoms with Crippen molar-refractivity contribution in [2.24, 2.45) is 5.73 Å². The summed E-state index contributed by atoms with van der Waals surface area (Å²) < 4.78 is 5.70. The number of piperidine rings is 1. The van der Waals surface area contributed by atoms with E-state index in [9.17, 15) is 0 Å². The van der Waals surface area contributed by atoms with Gasteiger partial charge in [0.2, 0.25) is 0 Å². The molecule has 0 amide bonds. The molecule has 3 heteroatoms. The largest absolute Gasteiger partial charge is 0.379 e. The highest BCUT2D eigenvalue weighted by molar-refractivity contribution is 4.97. The van der Waals surface area contributed by atoms with Gasteiger partial charge in [-0.2, -0.15) is 0 Å². The first-order valence-electron chi connectivity index (χ1n) is 6.87. The molecule has 2 aliphatic rings. The summed E-state index contributed by atoms with van der Waals surface area (Å²) in [7, 11) is 0. The summed E-state index contributed by atoms with van der Waals surface area (Å²) in [6.45, 7) is 6.05. The van der Waals surface area contributed by atoms with Crippen molar-refractivity contribution >= 4 is 0 Å². The zero-order valence-corrected chi connectivity index (χ0v) is 10.6. The maximum absolute atomic E-state index is 6.06. The third kappa shape index (κ3) is 2.27. The van der Waals surface area contributed by atoms with Crippen LogP contribution in [0.1, 0.15) is 45.4 Å². The predicted octanol–water partition coefficient (Wildman–Crippen LogP) is 1.76. The first-order chi connectivity index (χ1) is 7.82. The minimum Gasteiger partial charge on any atom is -0.379 e. The van der Waals surface area contributed by atoms with Crippen LogP contribution < -0.4 is 5.73 Å². The Bertz CT molecular complexity index is 214. The lowest BCUT2D eigenvalue weighted by Gasteiger charge is -2.51. The van der Waals surface area contributed by atoms with E-state index in [0.717, 1.165) is 25.8 Å². The summed E-state index contributed by atoms with van der Waals surface area (Å²) in [6, 6.07) is 0.735. The van der Waals surface area contributed by atoms with Crippen LogP contribution in [0.4, 0.5) is 0 Å². The highest BCUT2D eigenvalue weighted by Crippen LogP contribution is 2.32. The van der Waals surface area contributed by atoms with Crippen molar-refractivity contribution in [3.63, 3.8) is 0 Å². The molecule has 0 aromatic heterocycles. The van der Waals surface area contributed by atoms with E-state index in [2.05, 4.69) is 11.8 Å². The van der Waals surface area contributed by atoms with Crippen LogP contribution >= 0.6 is 0 Å². The standard InChI is InChI=1S/C13H26N2O/c1-2-12-6-3-4-8-15(12)13(10-14)7-5-9-16-11-13/h12H,2-11,14H2,1H3. The zero-order chi connectivity index (χ0) is 11.4. The van der Waals surface area contributed by atoms with Crippen LogP contribution in [0.3, 0.4) is 0 Å². The van der Waals surface area contributed by atoms with Crippen molar-refractivity contribution in [3.8, 4) is 0 Å². The molecule has 0 radical (unpaired) electrons. The van der Waals surface area contributed by atoms with Crippen molar-refractivity contribution in [2.75, 3.05) is 26.3 Å². The Labute approximate surface area is 99.3 Å². The first-order valence-corrected chi connectivity index (χ1v) is 6.87. The van der Waals surface area contributed by atoms with Gasteiger partial charge in [0.15, 0.2) is 0 Å². The molecule has 0 aromatic rings. The van der Waals surface area contributed by atoms with E-state index in [1.54, 1.807) is 0 Å². The lowest BCUT2D eigenvalue weighted by atomic mass is 9.85. The van der Waals surface area contributed by atoms with Crippen LogP contribution in [0.2, 0.25) is 0 Å². The van der Waals surface area contributed by atoms with Gasteiger partial charge in [-0.05, 0) is 38.6 Å². The molecule has 0 spiro atoms. The maximum atomic E-state index is 6.06. The van der Waals surface area contributed by atoms with Crippen LogP contribution in [0, 0.1) is 0 Å². The highest BCUT2D eigenvalue weighted by atomic mass is 16.5. The number of hydrogen-bond acceptors (Lipinski definition) is 3. The van der Waals surface area contributed by atoms with Gasteiger partial charge in [-0.15, -0.1) is 0 Å². The number of ether oxygens (including phenoxy) is 1. The van der Waals surface area contributed by atoms with Gasteiger partial charge in [0.1, 0.15) is 0 Å².